The van der Waals surface area contributed by atoms with E-state index in [0.29, 0.717) is 47.0 Å². The minimum atomic E-state index is -1.36. The molecule has 0 radical (unpaired) electrons. The van der Waals surface area contributed by atoms with Crippen molar-refractivity contribution in [1.29, 1.82) is 0 Å². The third-order valence-corrected chi connectivity index (χ3v) is 5.19. The van der Waals surface area contributed by atoms with E-state index in [2.05, 4.69) is 0 Å². The number of methoxy groups -OCH3 is 3. The molecule has 31 heavy (non-hydrogen) atoms. The van der Waals surface area contributed by atoms with Gasteiger partial charge in [0, 0.05) is 11.1 Å². The topological polar surface area (TPSA) is 91.3 Å². The number of carboxylic acids is 1. The summed E-state index contributed by atoms with van der Waals surface area (Å²) in [5.41, 5.74) is 1.51. The zero-order valence-corrected chi connectivity index (χ0v) is 18.3. The number of hydrogen-bond donors (Lipinski definition) is 1. The fourth-order valence-corrected chi connectivity index (χ4v) is 3.48. The standard InChI is InChI=1S/C24H26O7/c1-24(2,23(26)27)31-17-8-9-18-15(13-17)6-7-16(21(18)25)10-14-11-19(28-3)22(30-5)20(12-14)29-4/h8-13H,6-7H2,1-5H3,(H,26,27). The molecule has 1 aliphatic carbocycles. The first kappa shape index (κ1) is 22.2. The number of carboxylic acid groups (broad SMARTS) is 1. The Labute approximate surface area is 181 Å². The summed E-state index contributed by atoms with van der Waals surface area (Å²) in [5.74, 6) is 0.816. The number of ether oxygens (including phenoxy) is 4. The predicted molar refractivity (Wildman–Crippen MR) is 116 cm³/mol. The largest absolute Gasteiger partial charge is 0.493 e. The first-order valence-corrected chi connectivity index (χ1v) is 9.80. The second-order valence-electron chi connectivity index (χ2n) is 7.69. The van der Waals surface area contributed by atoms with Crippen LogP contribution in [0, 0.1) is 0 Å². The quantitative estimate of drug-likeness (QED) is 0.665. The SMILES string of the molecule is COc1cc(C=C2CCc3cc(OC(C)(C)C(=O)O)ccc3C2=O)cc(OC)c1OC. The molecule has 0 fully saturated rings. The van der Waals surface area contributed by atoms with Crippen LogP contribution in [-0.2, 0) is 11.2 Å². The van der Waals surface area contributed by atoms with Gasteiger partial charge in [-0.25, -0.2) is 4.79 Å². The van der Waals surface area contributed by atoms with Gasteiger partial charge in [-0.1, -0.05) is 0 Å². The molecule has 3 rings (SSSR count). The lowest BCUT2D eigenvalue weighted by Crippen LogP contribution is -2.37. The molecule has 0 saturated carbocycles. The van der Waals surface area contributed by atoms with E-state index in [-0.39, 0.29) is 5.78 Å². The zero-order chi connectivity index (χ0) is 22.8. The second kappa shape index (κ2) is 8.71. The Morgan fingerprint density at radius 1 is 1.00 bits per heavy atom. The molecule has 1 aliphatic rings. The summed E-state index contributed by atoms with van der Waals surface area (Å²) < 4.78 is 21.7. The minimum absolute atomic E-state index is 0.0703. The Morgan fingerprint density at radius 3 is 2.19 bits per heavy atom. The van der Waals surface area contributed by atoms with Gasteiger partial charge >= 0.3 is 5.97 Å². The average molecular weight is 426 g/mol. The van der Waals surface area contributed by atoms with Gasteiger partial charge < -0.3 is 24.1 Å². The van der Waals surface area contributed by atoms with Gasteiger partial charge in [-0.3, -0.25) is 4.79 Å². The zero-order valence-electron chi connectivity index (χ0n) is 18.3. The van der Waals surface area contributed by atoms with Gasteiger partial charge in [-0.05, 0) is 74.2 Å². The van der Waals surface area contributed by atoms with Crippen molar-refractivity contribution >= 4 is 17.8 Å². The third-order valence-electron chi connectivity index (χ3n) is 5.19. The number of fused-ring (bicyclic) bond motifs is 1. The number of rotatable bonds is 7. The summed E-state index contributed by atoms with van der Waals surface area (Å²) in [5, 5.41) is 9.25. The summed E-state index contributed by atoms with van der Waals surface area (Å²) in [6, 6.07) is 8.65. The Hall–Kier alpha value is -3.48. The van der Waals surface area contributed by atoms with Crippen molar-refractivity contribution in [2.45, 2.75) is 32.3 Å². The maximum Gasteiger partial charge on any atom is 0.347 e. The van der Waals surface area contributed by atoms with Crippen LogP contribution in [0.5, 0.6) is 23.0 Å². The van der Waals surface area contributed by atoms with Crippen LogP contribution in [0.4, 0.5) is 0 Å². The highest BCUT2D eigenvalue weighted by atomic mass is 16.5. The Kier molecular flexibility index (Phi) is 6.24. The number of Topliss-reactive ketones (excluding diaryl/α,β-unsaturated/α-hetero) is 1. The first-order valence-electron chi connectivity index (χ1n) is 9.80. The van der Waals surface area contributed by atoms with Crippen LogP contribution < -0.4 is 18.9 Å². The van der Waals surface area contributed by atoms with Crippen LogP contribution in [0.1, 0.15) is 41.8 Å². The molecule has 0 amide bonds. The number of allylic oxidation sites excluding steroid dienone is 1. The van der Waals surface area contributed by atoms with Gasteiger partial charge in [0.25, 0.3) is 0 Å². The van der Waals surface area contributed by atoms with E-state index in [9.17, 15) is 14.7 Å². The second-order valence-corrected chi connectivity index (χ2v) is 7.69. The van der Waals surface area contributed by atoms with Crippen molar-refractivity contribution in [3.8, 4) is 23.0 Å². The van der Waals surface area contributed by atoms with Crippen molar-refractivity contribution in [2.75, 3.05) is 21.3 Å². The number of aliphatic carboxylic acids is 1. The van der Waals surface area contributed by atoms with Crippen molar-refractivity contribution in [3.05, 3.63) is 52.6 Å². The molecule has 0 atom stereocenters. The smallest absolute Gasteiger partial charge is 0.347 e. The van der Waals surface area contributed by atoms with Gasteiger partial charge in [0.05, 0.1) is 21.3 Å². The van der Waals surface area contributed by atoms with Gasteiger partial charge in [0.2, 0.25) is 5.75 Å². The van der Waals surface area contributed by atoms with Crippen LogP contribution in [0.25, 0.3) is 6.08 Å². The number of aryl methyl sites for hydroxylation is 1. The number of ketones is 1. The maximum absolute atomic E-state index is 13.1. The summed E-state index contributed by atoms with van der Waals surface area (Å²) in [6.07, 6.45) is 3.02. The molecule has 1 N–H and O–H groups in total. The van der Waals surface area contributed by atoms with Crippen molar-refractivity contribution in [2.24, 2.45) is 0 Å². The molecular weight excluding hydrogens is 400 g/mol. The summed E-state index contributed by atoms with van der Waals surface area (Å²) >= 11 is 0. The number of carbonyl (C=O) groups is 2. The van der Waals surface area contributed by atoms with Crippen molar-refractivity contribution < 1.29 is 33.6 Å². The lowest BCUT2D eigenvalue weighted by Gasteiger charge is -2.24. The number of benzene rings is 2. The molecule has 0 heterocycles. The van der Waals surface area contributed by atoms with Gasteiger partial charge in [0.15, 0.2) is 22.9 Å². The first-order chi connectivity index (χ1) is 14.7. The van der Waals surface area contributed by atoms with Gasteiger partial charge in [0.1, 0.15) is 5.75 Å². The van der Waals surface area contributed by atoms with Crippen LogP contribution in [0.15, 0.2) is 35.9 Å². The van der Waals surface area contributed by atoms with E-state index in [1.165, 1.54) is 21.0 Å². The van der Waals surface area contributed by atoms with Crippen molar-refractivity contribution in [3.63, 3.8) is 0 Å². The molecule has 2 aromatic rings. The van der Waals surface area contributed by atoms with Crippen molar-refractivity contribution in [1.82, 2.24) is 0 Å². The molecule has 2 aromatic carbocycles. The van der Waals surface area contributed by atoms with Gasteiger partial charge in [-0.15, -0.1) is 0 Å². The lowest BCUT2D eigenvalue weighted by molar-refractivity contribution is -0.152. The van der Waals surface area contributed by atoms with E-state index >= 15 is 0 Å². The molecule has 7 nitrogen and oxygen atoms in total. The van der Waals surface area contributed by atoms with Gasteiger partial charge in [-0.2, -0.15) is 0 Å². The monoisotopic (exact) mass is 426 g/mol. The lowest BCUT2D eigenvalue weighted by atomic mass is 9.86. The minimum Gasteiger partial charge on any atom is -0.493 e. The van der Waals surface area contributed by atoms with Crippen LogP contribution in [-0.4, -0.2) is 43.8 Å². The van der Waals surface area contributed by atoms with Crippen LogP contribution in [0.3, 0.4) is 0 Å². The molecule has 0 unspecified atom stereocenters. The Morgan fingerprint density at radius 2 is 1.65 bits per heavy atom. The average Bonchev–Trinajstić information content (AvgIpc) is 2.74. The summed E-state index contributed by atoms with van der Waals surface area (Å²) in [4.78, 5) is 24.4. The normalized spacial score (nSPS) is 14.7. The van der Waals surface area contributed by atoms with Crippen LogP contribution >= 0.6 is 0 Å². The van der Waals surface area contributed by atoms with E-state index in [1.54, 1.807) is 44.6 Å². The maximum atomic E-state index is 13.1. The highest BCUT2D eigenvalue weighted by molar-refractivity contribution is 6.13. The highest BCUT2D eigenvalue weighted by Gasteiger charge is 2.30. The molecule has 0 spiro atoms. The Balaban J connectivity index is 1.91. The predicted octanol–water partition coefficient (Wildman–Crippen LogP) is 4.17. The summed E-state index contributed by atoms with van der Waals surface area (Å²) in [6.45, 7) is 2.97. The third kappa shape index (κ3) is 4.50. The molecule has 0 bridgehead atoms. The number of carbonyl (C=O) groups excluding carboxylic acids is 1. The Bertz CT molecular complexity index is 1020. The van der Waals surface area contributed by atoms with E-state index in [1.807, 2.05) is 6.08 Å². The fraction of sp³-hybridized carbons (Fsp3) is 0.333. The molecule has 164 valence electrons. The summed E-state index contributed by atoms with van der Waals surface area (Å²) in [7, 11) is 4.62. The molecule has 7 heteroatoms. The number of hydrogen-bond acceptors (Lipinski definition) is 6. The highest BCUT2D eigenvalue weighted by Crippen LogP contribution is 2.39. The molecule has 0 aromatic heterocycles. The van der Waals surface area contributed by atoms with E-state index in [0.717, 1.165) is 11.1 Å². The van der Waals surface area contributed by atoms with Crippen LogP contribution in [0.2, 0.25) is 0 Å². The molecule has 0 saturated heterocycles. The molecular formula is C24H26O7. The van der Waals surface area contributed by atoms with E-state index < -0.39 is 11.6 Å². The molecule has 0 aliphatic heterocycles. The fourth-order valence-electron chi connectivity index (χ4n) is 3.48. The van der Waals surface area contributed by atoms with E-state index in [4.69, 9.17) is 18.9 Å².